The van der Waals surface area contributed by atoms with Crippen molar-refractivity contribution in [3.8, 4) is 0 Å². The lowest BCUT2D eigenvalue weighted by atomic mass is 10.2. The Bertz CT molecular complexity index is 395. The first kappa shape index (κ1) is 10.6. The van der Waals surface area contributed by atoms with Crippen LogP contribution in [0.3, 0.4) is 0 Å². The Morgan fingerprint density at radius 1 is 1.47 bits per heavy atom. The summed E-state index contributed by atoms with van der Waals surface area (Å²) in [6, 6.07) is 2.01. The predicted molar refractivity (Wildman–Crippen MR) is 66.6 cm³/mol. The van der Waals surface area contributed by atoms with Gasteiger partial charge in [0.1, 0.15) is 0 Å². The van der Waals surface area contributed by atoms with E-state index in [1.165, 1.54) is 0 Å². The lowest BCUT2D eigenvalue weighted by Gasteiger charge is -2.12. The number of hydrogen-bond acceptors (Lipinski definition) is 2. The van der Waals surface area contributed by atoms with Crippen molar-refractivity contribution in [2.24, 2.45) is 0 Å². The molecule has 0 saturated heterocycles. The summed E-state index contributed by atoms with van der Waals surface area (Å²) in [5, 5.41) is 3.00. The van der Waals surface area contributed by atoms with Crippen LogP contribution in [0.4, 0.5) is 0 Å². The topological polar surface area (TPSA) is 42.0 Å². The summed E-state index contributed by atoms with van der Waals surface area (Å²) in [5.41, 5.74) is 0.706. The Kier molecular flexibility index (Phi) is 3.35. The minimum atomic E-state index is -0.00417. The highest BCUT2D eigenvalue weighted by Gasteiger charge is 2.15. The SMILES string of the molecule is O=C(NC1CC=CC1)c1ccncc1I. The first-order valence-corrected chi connectivity index (χ1v) is 5.90. The molecule has 0 saturated carbocycles. The third-order valence-corrected chi connectivity index (χ3v) is 3.22. The number of carbonyl (C=O) groups is 1. The number of halogens is 1. The van der Waals surface area contributed by atoms with E-state index < -0.39 is 0 Å². The van der Waals surface area contributed by atoms with Crippen LogP contribution in [0.2, 0.25) is 0 Å². The van der Waals surface area contributed by atoms with Crippen molar-refractivity contribution in [2.45, 2.75) is 18.9 Å². The zero-order valence-corrected chi connectivity index (χ0v) is 10.3. The van der Waals surface area contributed by atoms with Crippen LogP contribution in [0.5, 0.6) is 0 Å². The number of rotatable bonds is 2. The lowest BCUT2D eigenvalue weighted by molar-refractivity contribution is 0.0938. The maximum absolute atomic E-state index is 11.9. The van der Waals surface area contributed by atoms with Crippen LogP contribution in [-0.2, 0) is 0 Å². The molecule has 78 valence electrons. The molecule has 1 aromatic heterocycles. The highest BCUT2D eigenvalue weighted by molar-refractivity contribution is 14.1. The van der Waals surface area contributed by atoms with Crippen LogP contribution in [0, 0.1) is 3.57 Å². The standard InChI is InChI=1S/C11H11IN2O/c12-10-7-13-6-5-9(10)11(15)14-8-3-1-2-4-8/h1-2,5-8H,3-4H2,(H,14,15). The van der Waals surface area contributed by atoms with E-state index in [-0.39, 0.29) is 11.9 Å². The van der Waals surface area contributed by atoms with Gasteiger partial charge >= 0.3 is 0 Å². The lowest BCUT2D eigenvalue weighted by Crippen LogP contribution is -2.33. The van der Waals surface area contributed by atoms with Gasteiger partial charge < -0.3 is 5.32 Å². The second-order valence-corrected chi connectivity index (χ2v) is 4.63. The molecule has 0 unspecified atom stereocenters. The van der Waals surface area contributed by atoms with Gasteiger partial charge in [0, 0.05) is 22.0 Å². The van der Waals surface area contributed by atoms with E-state index in [0.717, 1.165) is 16.4 Å². The molecular weight excluding hydrogens is 303 g/mol. The third-order valence-electron chi connectivity index (χ3n) is 2.36. The molecule has 15 heavy (non-hydrogen) atoms. The molecule has 3 nitrogen and oxygen atoms in total. The van der Waals surface area contributed by atoms with Crippen LogP contribution in [0.15, 0.2) is 30.6 Å². The van der Waals surface area contributed by atoms with Crippen molar-refractivity contribution >= 4 is 28.5 Å². The van der Waals surface area contributed by atoms with Crippen molar-refractivity contribution in [1.82, 2.24) is 10.3 Å². The smallest absolute Gasteiger partial charge is 0.252 e. The summed E-state index contributed by atoms with van der Waals surface area (Å²) in [6.45, 7) is 0. The summed E-state index contributed by atoms with van der Waals surface area (Å²) >= 11 is 2.12. The second kappa shape index (κ2) is 4.74. The summed E-state index contributed by atoms with van der Waals surface area (Å²) in [7, 11) is 0. The van der Waals surface area contributed by atoms with E-state index in [2.05, 4.69) is 45.0 Å². The van der Waals surface area contributed by atoms with Gasteiger partial charge in [-0.1, -0.05) is 12.2 Å². The van der Waals surface area contributed by atoms with Crippen molar-refractivity contribution in [3.05, 3.63) is 39.7 Å². The van der Waals surface area contributed by atoms with Crippen molar-refractivity contribution in [2.75, 3.05) is 0 Å². The van der Waals surface area contributed by atoms with E-state index >= 15 is 0 Å². The Morgan fingerprint density at radius 2 is 2.20 bits per heavy atom. The largest absolute Gasteiger partial charge is 0.349 e. The molecule has 0 radical (unpaired) electrons. The molecule has 1 N–H and O–H groups in total. The van der Waals surface area contributed by atoms with Gasteiger partial charge in [-0.15, -0.1) is 0 Å². The monoisotopic (exact) mass is 314 g/mol. The zero-order chi connectivity index (χ0) is 10.7. The van der Waals surface area contributed by atoms with E-state index in [1.54, 1.807) is 18.5 Å². The fourth-order valence-electron chi connectivity index (χ4n) is 1.56. The number of amides is 1. The van der Waals surface area contributed by atoms with Gasteiger partial charge in [-0.3, -0.25) is 9.78 Å². The molecule has 0 bridgehead atoms. The number of aromatic nitrogens is 1. The molecule has 0 aromatic carbocycles. The summed E-state index contributed by atoms with van der Waals surface area (Å²) in [4.78, 5) is 15.8. The average Bonchev–Trinajstić information content (AvgIpc) is 2.71. The molecule has 1 aromatic rings. The maximum atomic E-state index is 11.9. The molecule has 0 spiro atoms. The molecule has 0 aliphatic heterocycles. The molecule has 4 heteroatoms. The van der Waals surface area contributed by atoms with Crippen molar-refractivity contribution < 1.29 is 4.79 Å². The molecule has 1 heterocycles. The van der Waals surface area contributed by atoms with E-state index in [4.69, 9.17) is 0 Å². The number of hydrogen-bond donors (Lipinski definition) is 1. The van der Waals surface area contributed by atoms with Gasteiger partial charge in [0.15, 0.2) is 0 Å². The molecular formula is C11H11IN2O. The summed E-state index contributed by atoms with van der Waals surface area (Å²) in [5.74, 6) is -0.00417. The Labute approximate surface area is 102 Å². The molecule has 2 rings (SSSR count). The number of pyridine rings is 1. The highest BCUT2D eigenvalue weighted by Crippen LogP contribution is 2.13. The normalized spacial score (nSPS) is 15.5. The Morgan fingerprint density at radius 3 is 2.87 bits per heavy atom. The van der Waals surface area contributed by atoms with Crippen molar-refractivity contribution in [1.29, 1.82) is 0 Å². The van der Waals surface area contributed by atoms with E-state index in [9.17, 15) is 4.79 Å². The second-order valence-electron chi connectivity index (χ2n) is 3.47. The first-order chi connectivity index (χ1) is 7.27. The van der Waals surface area contributed by atoms with Gasteiger partial charge in [-0.05, 0) is 41.5 Å². The summed E-state index contributed by atoms with van der Waals surface area (Å²) in [6.07, 6.45) is 9.41. The average molecular weight is 314 g/mol. The maximum Gasteiger partial charge on any atom is 0.252 e. The van der Waals surface area contributed by atoms with Gasteiger partial charge in [0.2, 0.25) is 0 Å². The number of carbonyl (C=O) groups excluding carboxylic acids is 1. The van der Waals surface area contributed by atoms with Crippen molar-refractivity contribution in [3.63, 3.8) is 0 Å². The fourth-order valence-corrected chi connectivity index (χ4v) is 2.14. The van der Waals surface area contributed by atoms with Crippen LogP contribution in [0.1, 0.15) is 23.2 Å². The fraction of sp³-hybridized carbons (Fsp3) is 0.273. The van der Waals surface area contributed by atoms with Gasteiger partial charge in [-0.25, -0.2) is 0 Å². The quantitative estimate of drug-likeness (QED) is 0.671. The molecule has 1 aliphatic carbocycles. The molecule has 0 atom stereocenters. The molecule has 1 aliphatic rings. The molecule has 1 amide bonds. The number of nitrogens with zero attached hydrogens (tertiary/aromatic N) is 1. The van der Waals surface area contributed by atoms with Gasteiger partial charge in [0.25, 0.3) is 5.91 Å². The van der Waals surface area contributed by atoms with E-state index in [0.29, 0.717) is 5.56 Å². The number of nitrogens with one attached hydrogen (secondary N) is 1. The minimum Gasteiger partial charge on any atom is -0.349 e. The zero-order valence-electron chi connectivity index (χ0n) is 8.11. The Balaban J connectivity index is 2.05. The van der Waals surface area contributed by atoms with Crippen LogP contribution in [-0.4, -0.2) is 16.9 Å². The predicted octanol–water partition coefficient (Wildman–Crippen LogP) is 2.13. The van der Waals surface area contributed by atoms with Gasteiger partial charge in [-0.2, -0.15) is 0 Å². The van der Waals surface area contributed by atoms with E-state index in [1.807, 2.05) is 0 Å². The van der Waals surface area contributed by atoms with Crippen LogP contribution >= 0.6 is 22.6 Å². The third kappa shape index (κ3) is 2.56. The molecule has 0 fully saturated rings. The minimum absolute atomic E-state index is 0.00417. The van der Waals surface area contributed by atoms with Gasteiger partial charge in [0.05, 0.1) is 5.56 Å². The van der Waals surface area contributed by atoms with Crippen LogP contribution < -0.4 is 5.32 Å². The Hall–Kier alpha value is -0.910. The first-order valence-electron chi connectivity index (χ1n) is 4.83. The van der Waals surface area contributed by atoms with Crippen LogP contribution in [0.25, 0.3) is 0 Å². The summed E-state index contributed by atoms with van der Waals surface area (Å²) < 4.78 is 0.888. The highest BCUT2D eigenvalue weighted by atomic mass is 127.